The van der Waals surface area contributed by atoms with Crippen LogP contribution in [0.15, 0.2) is 22.9 Å². The lowest BCUT2D eigenvalue weighted by molar-refractivity contribution is -0.144. The average Bonchev–Trinajstić information content (AvgIpc) is 2.35. The highest BCUT2D eigenvalue weighted by Gasteiger charge is 2.36. The Balaban J connectivity index is 2.95. The monoisotopic (exact) mass is 314 g/mol. The first-order valence-electron chi connectivity index (χ1n) is 5.62. The highest BCUT2D eigenvalue weighted by atomic mass is 79.9. The topological polar surface area (TPSA) is 79.3 Å². The summed E-state index contributed by atoms with van der Waals surface area (Å²) < 4.78 is 0.532. The number of rotatable bonds is 5. The predicted octanol–water partition coefficient (Wildman–Crippen LogP) is 2.22. The molecule has 2 N–H and O–H groups in total. The van der Waals surface area contributed by atoms with Gasteiger partial charge in [-0.3, -0.25) is 4.79 Å². The minimum atomic E-state index is -1.22. The van der Waals surface area contributed by atoms with E-state index in [9.17, 15) is 14.7 Å². The van der Waals surface area contributed by atoms with E-state index in [1.54, 1.807) is 19.9 Å². The Morgan fingerprint density at radius 3 is 2.50 bits per heavy atom. The fourth-order valence-electron chi connectivity index (χ4n) is 1.62. The number of carboxylic acids is 1. The summed E-state index contributed by atoms with van der Waals surface area (Å²) in [6.45, 7) is 3.47. The van der Waals surface area contributed by atoms with Gasteiger partial charge in [-0.1, -0.05) is 13.8 Å². The number of carbonyl (C=O) groups is 2. The molecule has 0 saturated heterocycles. The molecule has 98 valence electrons. The van der Waals surface area contributed by atoms with Gasteiger partial charge in [-0.25, -0.2) is 9.78 Å². The number of halogens is 1. The van der Waals surface area contributed by atoms with Gasteiger partial charge in [-0.15, -0.1) is 0 Å². The molecule has 1 amide bonds. The molecule has 0 fully saturated rings. The van der Waals surface area contributed by atoms with Crippen LogP contribution >= 0.6 is 15.9 Å². The smallest absolute Gasteiger partial charge is 0.329 e. The molecule has 6 heteroatoms. The normalized spacial score (nSPS) is 11.1. The predicted molar refractivity (Wildman–Crippen MR) is 70.4 cm³/mol. The zero-order valence-electron chi connectivity index (χ0n) is 10.2. The number of aliphatic carboxylic acids is 1. The van der Waals surface area contributed by atoms with E-state index in [1.165, 1.54) is 12.3 Å². The van der Waals surface area contributed by atoms with Crippen molar-refractivity contribution in [3.8, 4) is 0 Å². The lowest BCUT2D eigenvalue weighted by Crippen LogP contribution is -2.53. The van der Waals surface area contributed by atoms with Crippen molar-refractivity contribution in [1.82, 2.24) is 10.3 Å². The van der Waals surface area contributed by atoms with Crippen LogP contribution in [0.25, 0.3) is 0 Å². The Morgan fingerprint density at radius 1 is 1.44 bits per heavy atom. The molecule has 0 saturated carbocycles. The van der Waals surface area contributed by atoms with Gasteiger partial charge in [0.1, 0.15) is 10.1 Å². The van der Waals surface area contributed by atoms with Crippen LogP contribution in [0, 0.1) is 0 Å². The Bertz CT molecular complexity index is 458. The van der Waals surface area contributed by atoms with Crippen molar-refractivity contribution in [3.63, 3.8) is 0 Å². The molecular formula is C12H15BrN2O3. The second-order valence-electron chi connectivity index (χ2n) is 3.92. The summed E-state index contributed by atoms with van der Waals surface area (Å²) in [6.07, 6.45) is 2.15. The number of nitrogens with zero attached hydrogens (tertiary/aromatic N) is 1. The molecule has 1 aromatic heterocycles. The number of carboxylic acid groups (broad SMARTS) is 1. The van der Waals surface area contributed by atoms with Crippen molar-refractivity contribution in [2.75, 3.05) is 0 Å². The fourth-order valence-corrected chi connectivity index (χ4v) is 1.98. The summed E-state index contributed by atoms with van der Waals surface area (Å²) in [7, 11) is 0. The van der Waals surface area contributed by atoms with Crippen molar-refractivity contribution in [2.24, 2.45) is 0 Å². The maximum Gasteiger partial charge on any atom is 0.329 e. The number of pyridine rings is 1. The first-order chi connectivity index (χ1) is 8.45. The van der Waals surface area contributed by atoms with Crippen molar-refractivity contribution in [2.45, 2.75) is 32.2 Å². The highest BCUT2D eigenvalue weighted by molar-refractivity contribution is 9.10. The lowest BCUT2D eigenvalue weighted by Gasteiger charge is -2.28. The van der Waals surface area contributed by atoms with Crippen LogP contribution in [0.1, 0.15) is 37.0 Å². The summed E-state index contributed by atoms with van der Waals surface area (Å²) in [5.41, 5.74) is -0.836. The standard InChI is InChI=1S/C12H15BrN2O3/c1-3-12(4-2,11(17)18)15-10(16)8-5-6-14-9(13)7-8/h5-7H,3-4H2,1-2H3,(H,15,16)(H,17,18). The first kappa shape index (κ1) is 14.6. The number of nitrogens with one attached hydrogen (secondary N) is 1. The van der Waals surface area contributed by atoms with Crippen LogP contribution in [0.5, 0.6) is 0 Å². The van der Waals surface area contributed by atoms with Crippen molar-refractivity contribution < 1.29 is 14.7 Å². The molecule has 0 bridgehead atoms. The van der Waals surface area contributed by atoms with Gasteiger partial charge in [0.15, 0.2) is 0 Å². The molecule has 0 aromatic carbocycles. The van der Waals surface area contributed by atoms with Gasteiger partial charge in [0.05, 0.1) is 0 Å². The third-order valence-corrected chi connectivity index (χ3v) is 3.39. The summed E-state index contributed by atoms with van der Waals surface area (Å²) >= 11 is 3.17. The van der Waals surface area contributed by atoms with Crippen LogP contribution in [0.3, 0.4) is 0 Å². The molecule has 18 heavy (non-hydrogen) atoms. The third-order valence-electron chi connectivity index (χ3n) is 2.96. The Hall–Kier alpha value is -1.43. The Kier molecular flexibility index (Phi) is 4.84. The minimum absolute atomic E-state index is 0.330. The number of hydrogen-bond donors (Lipinski definition) is 2. The van der Waals surface area contributed by atoms with Gasteiger partial charge in [0.25, 0.3) is 5.91 Å². The number of hydrogen-bond acceptors (Lipinski definition) is 3. The maximum absolute atomic E-state index is 12.0. The summed E-state index contributed by atoms with van der Waals surface area (Å²) in [5, 5.41) is 11.8. The van der Waals surface area contributed by atoms with Crippen LogP contribution in [0.2, 0.25) is 0 Å². The van der Waals surface area contributed by atoms with Gasteiger partial charge in [0.2, 0.25) is 0 Å². The van der Waals surface area contributed by atoms with Gasteiger partial charge in [-0.2, -0.15) is 0 Å². The second kappa shape index (κ2) is 5.95. The molecular weight excluding hydrogens is 300 g/mol. The van der Waals surface area contributed by atoms with E-state index in [-0.39, 0.29) is 0 Å². The zero-order chi connectivity index (χ0) is 13.8. The summed E-state index contributed by atoms with van der Waals surface area (Å²) in [5.74, 6) is -1.43. The van der Waals surface area contributed by atoms with Gasteiger partial charge in [-0.05, 0) is 40.9 Å². The van der Waals surface area contributed by atoms with Crippen molar-refractivity contribution in [1.29, 1.82) is 0 Å². The molecule has 1 heterocycles. The molecule has 0 aliphatic carbocycles. The fraction of sp³-hybridized carbons (Fsp3) is 0.417. The number of amides is 1. The first-order valence-corrected chi connectivity index (χ1v) is 6.42. The molecule has 0 unspecified atom stereocenters. The number of aromatic nitrogens is 1. The quantitative estimate of drug-likeness (QED) is 0.817. The van der Waals surface area contributed by atoms with Crippen molar-refractivity contribution >= 4 is 27.8 Å². The maximum atomic E-state index is 12.0. The minimum Gasteiger partial charge on any atom is -0.480 e. The molecule has 0 aliphatic heterocycles. The van der Waals surface area contributed by atoms with E-state index in [0.717, 1.165) is 0 Å². The van der Waals surface area contributed by atoms with E-state index in [2.05, 4.69) is 26.2 Å². The van der Waals surface area contributed by atoms with E-state index < -0.39 is 17.4 Å². The van der Waals surface area contributed by atoms with Crippen LogP contribution in [0.4, 0.5) is 0 Å². The Labute approximate surface area is 114 Å². The number of carbonyl (C=O) groups excluding carboxylic acids is 1. The molecule has 5 nitrogen and oxygen atoms in total. The van der Waals surface area contributed by atoms with Crippen LogP contribution in [-0.2, 0) is 4.79 Å². The molecule has 1 rings (SSSR count). The lowest BCUT2D eigenvalue weighted by atomic mass is 9.92. The molecule has 0 aliphatic rings. The van der Waals surface area contributed by atoms with E-state index in [4.69, 9.17) is 0 Å². The van der Waals surface area contributed by atoms with Gasteiger partial charge >= 0.3 is 5.97 Å². The molecule has 0 radical (unpaired) electrons. The third kappa shape index (κ3) is 3.07. The molecule has 0 spiro atoms. The average molecular weight is 315 g/mol. The SMILES string of the molecule is CCC(CC)(NC(=O)c1ccnc(Br)c1)C(=O)O. The molecule has 1 aromatic rings. The Morgan fingerprint density at radius 2 is 2.06 bits per heavy atom. The summed E-state index contributed by atoms with van der Waals surface area (Å²) in [6, 6.07) is 3.09. The second-order valence-corrected chi connectivity index (χ2v) is 4.73. The van der Waals surface area contributed by atoms with Gasteiger partial charge < -0.3 is 10.4 Å². The van der Waals surface area contributed by atoms with E-state index in [1.807, 2.05) is 0 Å². The van der Waals surface area contributed by atoms with Crippen molar-refractivity contribution in [3.05, 3.63) is 28.5 Å². The highest BCUT2D eigenvalue weighted by Crippen LogP contribution is 2.17. The van der Waals surface area contributed by atoms with Crippen LogP contribution in [-0.4, -0.2) is 27.5 Å². The zero-order valence-corrected chi connectivity index (χ0v) is 11.8. The summed E-state index contributed by atoms with van der Waals surface area (Å²) in [4.78, 5) is 27.2. The molecule has 0 atom stereocenters. The van der Waals surface area contributed by atoms with E-state index >= 15 is 0 Å². The largest absolute Gasteiger partial charge is 0.480 e. The van der Waals surface area contributed by atoms with E-state index in [0.29, 0.717) is 23.0 Å². The van der Waals surface area contributed by atoms with Crippen LogP contribution < -0.4 is 5.32 Å². The van der Waals surface area contributed by atoms with Gasteiger partial charge in [0, 0.05) is 11.8 Å².